The largest absolute Gasteiger partial charge is 0.541 e. The molecule has 0 amide bonds. The second-order valence-electron chi connectivity index (χ2n) is 5.23. The lowest BCUT2D eigenvalue weighted by Crippen LogP contribution is -2.10. The first-order valence-corrected chi connectivity index (χ1v) is 9.12. The second kappa shape index (κ2) is 7.24. The lowest BCUT2D eigenvalue weighted by atomic mass is 10.2. The Morgan fingerprint density at radius 3 is 1.67 bits per heavy atom. The number of hydrogen-bond donors (Lipinski definition) is 1. The monoisotopic (exact) mass is 339 g/mol. The maximum absolute atomic E-state index is 13.3. The van der Waals surface area contributed by atoms with Gasteiger partial charge in [0, 0.05) is 5.69 Å². The standard InChI is InChI=1S/C19H18NO3P/c1-16-10-8-9-15-19(16)20-24(21,22-17-11-4-2-5-12-17)23-18-13-6-3-7-14-18/h2-15H,1H3,(H,20,21). The molecular formula is C19H18NO3P. The molecule has 0 atom stereocenters. The summed E-state index contributed by atoms with van der Waals surface area (Å²) >= 11 is 0. The van der Waals surface area contributed by atoms with Gasteiger partial charge in [-0.25, -0.2) is 4.57 Å². The topological polar surface area (TPSA) is 47.6 Å². The first kappa shape index (κ1) is 16.2. The van der Waals surface area contributed by atoms with Gasteiger partial charge in [-0.15, -0.1) is 0 Å². The van der Waals surface area contributed by atoms with Gasteiger partial charge in [0.1, 0.15) is 11.5 Å². The number of benzene rings is 3. The predicted octanol–water partition coefficient (Wildman–Crippen LogP) is 5.67. The smallest absolute Gasteiger partial charge is 0.400 e. The van der Waals surface area contributed by atoms with Crippen LogP contribution >= 0.6 is 7.75 Å². The zero-order valence-electron chi connectivity index (χ0n) is 13.3. The summed E-state index contributed by atoms with van der Waals surface area (Å²) in [5, 5.41) is 2.93. The Balaban J connectivity index is 1.91. The molecule has 3 aromatic carbocycles. The number of aryl methyl sites for hydroxylation is 1. The number of rotatable bonds is 6. The number of hydrogen-bond acceptors (Lipinski definition) is 3. The van der Waals surface area contributed by atoms with Crippen LogP contribution in [-0.4, -0.2) is 0 Å². The molecule has 5 heteroatoms. The molecule has 0 radical (unpaired) electrons. The van der Waals surface area contributed by atoms with E-state index in [1.54, 1.807) is 24.3 Å². The molecule has 0 aliphatic heterocycles. The van der Waals surface area contributed by atoms with E-state index in [9.17, 15) is 4.57 Å². The van der Waals surface area contributed by atoms with E-state index < -0.39 is 7.75 Å². The summed E-state index contributed by atoms with van der Waals surface area (Å²) in [6.07, 6.45) is 0. The van der Waals surface area contributed by atoms with Gasteiger partial charge in [0.2, 0.25) is 0 Å². The van der Waals surface area contributed by atoms with Crippen molar-refractivity contribution in [3.8, 4) is 11.5 Å². The van der Waals surface area contributed by atoms with Gasteiger partial charge in [-0.2, -0.15) is 0 Å². The minimum Gasteiger partial charge on any atom is -0.400 e. The number of nitrogens with one attached hydrogen (secondary N) is 1. The SMILES string of the molecule is Cc1ccccc1NP(=O)(Oc1ccccc1)Oc1ccccc1. The van der Waals surface area contributed by atoms with Crippen LogP contribution in [0.5, 0.6) is 11.5 Å². The average Bonchev–Trinajstić information content (AvgIpc) is 2.58. The third-order valence-corrected chi connectivity index (χ3v) is 4.76. The van der Waals surface area contributed by atoms with Gasteiger partial charge in [-0.1, -0.05) is 54.6 Å². The van der Waals surface area contributed by atoms with Crippen molar-refractivity contribution in [1.29, 1.82) is 0 Å². The maximum atomic E-state index is 13.3. The Labute approximate surface area is 141 Å². The molecule has 0 spiro atoms. The van der Waals surface area contributed by atoms with Gasteiger partial charge in [0.05, 0.1) is 0 Å². The van der Waals surface area contributed by atoms with Crippen LogP contribution in [0.4, 0.5) is 5.69 Å². The number of para-hydroxylation sites is 3. The zero-order chi connectivity index (χ0) is 16.8. The van der Waals surface area contributed by atoms with Crippen molar-refractivity contribution in [3.05, 3.63) is 90.5 Å². The van der Waals surface area contributed by atoms with Gasteiger partial charge in [0.25, 0.3) is 0 Å². The van der Waals surface area contributed by atoms with Crippen LogP contribution in [0.2, 0.25) is 0 Å². The van der Waals surface area contributed by atoms with E-state index in [2.05, 4.69) is 5.09 Å². The van der Waals surface area contributed by atoms with Crippen molar-refractivity contribution in [2.75, 3.05) is 5.09 Å². The normalized spacial score (nSPS) is 10.9. The maximum Gasteiger partial charge on any atom is 0.541 e. The summed E-state index contributed by atoms with van der Waals surface area (Å²) in [7, 11) is -3.66. The van der Waals surface area contributed by atoms with Gasteiger partial charge in [0.15, 0.2) is 0 Å². The molecule has 4 nitrogen and oxygen atoms in total. The van der Waals surface area contributed by atoms with E-state index in [1.807, 2.05) is 67.6 Å². The summed E-state index contributed by atoms with van der Waals surface area (Å²) in [6.45, 7) is 1.93. The van der Waals surface area contributed by atoms with Gasteiger partial charge < -0.3 is 9.05 Å². The Morgan fingerprint density at radius 1 is 0.708 bits per heavy atom. The number of anilines is 1. The van der Waals surface area contributed by atoms with E-state index in [4.69, 9.17) is 9.05 Å². The highest BCUT2D eigenvalue weighted by Gasteiger charge is 2.29. The Kier molecular flexibility index (Phi) is 4.88. The molecule has 0 aliphatic rings. The Hall–Kier alpha value is -2.71. The molecule has 0 aromatic heterocycles. The molecule has 24 heavy (non-hydrogen) atoms. The van der Waals surface area contributed by atoms with E-state index in [1.165, 1.54) is 0 Å². The molecule has 0 fully saturated rings. The van der Waals surface area contributed by atoms with Crippen molar-refractivity contribution < 1.29 is 13.6 Å². The minimum absolute atomic E-state index is 0.470. The Morgan fingerprint density at radius 2 is 1.17 bits per heavy atom. The molecule has 0 saturated heterocycles. The van der Waals surface area contributed by atoms with Crippen LogP contribution in [0.25, 0.3) is 0 Å². The first-order valence-electron chi connectivity index (χ1n) is 7.58. The molecule has 0 bridgehead atoms. The fraction of sp³-hybridized carbons (Fsp3) is 0.0526. The minimum atomic E-state index is -3.66. The fourth-order valence-electron chi connectivity index (χ4n) is 2.15. The van der Waals surface area contributed by atoms with Crippen molar-refractivity contribution in [3.63, 3.8) is 0 Å². The molecule has 0 unspecified atom stereocenters. The molecule has 0 heterocycles. The third kappa shape index (κ3) is 4.18. The lowest BCUT2D eigenvalue weighted by Gasteiger charge is -2.21. The van der Waals surface area contributed by atoms with Gasteiger partial charge >= 0.3 is 7.75 Å². The lowest BCUT2D eigenvalue weighted by molar-refractivity contribution is 0.393. The third-order valence-electron chi connectivity index (χ3n) is 3.34. The highest BCUT2D eigenvalue weighted by molar-refractivity contribution is 7.56. The van der Waals surface area contributed by atoms with Crippen LogP contribution in [0.3, 0.4) is 0 Å². The van der Waals surface area contributed by atoms with Crippen LogP contribution in [-0.2, 0) is 4.57 Å². The van der Waals surface area contributed by atoms with Crippen molar-refractivity contribution in [2.45, 2.75) is 6.92 Å². The van der Waals surface area contributed by atoms with Crippen molar-refractivity contribution in [2.24, 2.45) is 0 Å². The van der Waals surface area contributed by atoms with E-state index in [0.717, 1.165) is 5.56 Å². The predicted molar refractivity (Wildman–Crippen MR) is 96.5 cm³/mol. The van der Waals surface area contributed by atoms with Crippen LogP contribution in [0.1, 0.15) is 5.56 Å². The summed E-state index contributed by atoms with van der Waals surface area (Å²) < 4.78 is 24.7. The average molecular weight is 339 g/mol. The molecule has 3 aromatic rings. The van der Waals surface area contributed by atoms with E-state index >= 15 is 0 Å². The summed E-state index contributed by atoms with van der Waals surface area (Å²) in [6, 6.07) is 25.5. The zero-order valence-corrected chi connectivity index (χ0v) is 14.1. The highest BCUT2D eigenvalue weighted by Crippen LogP contribution is 2.48. The molecule has 0 aliphatic carbocycles. The molecule has 0 saturated carbocycles. The van der Waals surface area contributed by atoms with Crippen LogP contribution < -0.4 is 14.1 Å². The molecular weight excluding hydrogens is 321 g/mol. The van der Waals surface area contributed by atoms with Crippen molar-refractivity contribution in [1.82, 2.24) is 0 Å². The van der Waals surface area contributed by atoms with E-state index in [-0.39, 0.29) is 0 Å². The summed E-state index contributed by atoms with van der Waals surface area (Å²) in [5.41, 5.74) is 1.65. The van der Waals surface area contributed by atoms with E-state index in [0.29, 0.717) is 17.2 Å². The molecule has 1 N–H and O–H groups in total. The highest BCUT2D eigenvalue weighted by atomic mass is 31.2. The van der Waals surface area contributed by atoms with Crippen LogP contribution in [0, 0.1) is 6.92 Å². The summed E-state index contributed by atoms with van der Waals surface area (Å²) in [4.78, 5) is 0. The quantitative estimate of drug-likeness (QED) is 0.588. The molecule has 3 rings (SSSR count). The second-order valence-corrected chi connectivity index (χ2v) is 6.82. The van der Waals surface area contributed by atoms with Crippen LogP contribution in [0.15, 0.2) is 84.9 Å². The van der Waals surface area contributed by atoms with Gasteiger partial charge in [-0.3, -0.25) is 5.09 Å². The first-order chi connectivity index (χ1) is 11.6. The van der Waals surface area contributed by atoms with Gasteiger partial charge in [-0.05, 0) is 42.8 Å². The Bertz CT molecular complexity index is 792. The van der Waals surface area contributed by atoms with Crippen molar-refractivity contribution >= 4 is 13.4 Å². The molecule has 122 valence electrons. The fourth-order valence-corrected chi connectivity index (χ4v) is 3.62. The summed E-state index contributed by atoms with van der Waals surface area (Å²) in [5.74, 6) is 0.940.